The number of aryl methyl sites for hydroxylation is 2. The van der Waals surface area contributed by atoms with E-state index in [2.05, 4.69) is 5.32 Å². The maximum absolute atomic E-state index is 12.0. The molecule has 2 aromatic rings. The van der Waals surface area contributed by atoms with Crippen LogP contribution in [0.5, 0.6) is 5.75 Å². The Kier molecular flexibility index (Phi) is 5.95. The highest BCUT2D eigenvalue weighted by atomic mass is 16.5. The van der Waals surface area contributed by atoms with Crippen molar-refractivity contribution in [1.82, 2.24) is 5.32 Å². The molecule has 0 aromatic heterocycles. The van der Waals surface area contributed by atoms with Crippen molar-refractivity contribution in [2.75, 3.05) is 13.7 Å². The molecule has 5 nitrogen and oxygen atoms in total. The first-order valence-corrected chi connectivity index (χ1v) is 7.63. The normalized spacial score (nSPS) is 10.1. The minimum Gasteiger partial charge on any atom is -0.497 e. The summed E-state index contributed by atoms with van der Waals surface area (Å²) in [6.07, 6.45) is 0. The molecule has 0 saturated heterocycles. The summed E-state index contributed by atoms with van der Waals surface area (Å²) in [5, 5.41) is 2.71. The molecule has 1 amide bonds. The molecule has 0 aliphatic heterocycles. The van der Waals surface area contributed by atoms with Gasteiger partial charge in [-0.3, -0.25) is 4.79 Å². The molecule has 0 radical (unpaired) electrons. The summed E-state index contributed by atoms with van der Waals surface area (Å²) in [4.78, 5) is 23.8. The first-order valence-electron chi connectivity index (χ1n) is 7.63. The van der Waals surface area contributed by atoms with Gasteiger partial charge in [0.05, 0.1) is 12.7 Å². The Hall–Kier alpha value is -2.82. The number of nitrogens with one attached hydrogen (secondary N) is 1. The van der Waals surface area contributed by atoms with Gasteiger partial charge in [-0.25, -0.2) is 4.79 Å². The maximum atomic E-state index is 12.0. The number of rotatable bonds is 6. The van der Waals surface area contributed by atoms with Gasteiger partial charge >= 0.3 is 5.97 Å². The van der Waals surface area contributed by atoms with Gasteiger partial charge in [0.25, 0.3) is 5.91 Å². The molecule has 0 aliphatic carbocycles. The van der Waals surface area contributed by atoms with Crippen molar-refractivity contribution in [3.05, 3.63) is 64.7 Å². The molecular weight excluding hydrogens is 306 g/mol. The van der Waals surface area contributed by atoms with Crippen LogP contribution in [0.4, 0.5) is 0 Å². The van der Waals surface area contributed by atoms with Crippen LogP contribution < -0.4 is 10.1 Å². The topological polar surface area (TPSA) is 64.6 Å². The molecular formula is C19H21NO4. The van der Waals surface area contributed by atoms with E-state index in [1.807, 2.05) is 50.2 Å². The van der Waals surface area contributed by atoms with Gasteiger partial charge in [-0.1, -0.05) is 29.8 Å². The van der Waals surface area contributed by atoms with Crippen LogP contribution in [0, 0.1) is 13.8 Å². The second-order valence-electron chi connectivity index (χ2n) is 5.52. The number of hydrogen-bond donors (Lipinski definition) is 1. The fourth-order valence-electron chi connectivity index (χ4n) is 2.25. The van der Waals surface area contributed by atoms with Gasteiger partial charge in [-0.2, -0.15) is 0 Å². The summed E-state index contributed by atoms with van der Waals surface area (Å²) in [6.45, 7) is 3.86. The quantitative estimate of drug-likeness (QED) is 0.829. The van der Waals surface area contributed by atoms with Crippen molar-refractivity contribution >= 4 is 11.9 Å². The Labute approximate surface area is 141 Å². The van der Waals surface area contributed by atoms with Gasteiger partial charge in [-0.05, 0) is 43.2 Å². The predicted octanol–water partition coefficient (Wildman–Crippen LogP) is 2.79. The van der Waals surface area contributed by atoms with Gasteiger partial charge in [0, 0.05) is 6.54 Å². The van der Waals surface area contributed by atoms with Crippen molar-refractivity contribution in [3.63, 3.8) is 0 Å². The highest BCUT2D eigenvalue weighted by molar-refractivity contribution is 5.92. The van der Waals surface area contributed by atoms with Crippen LogP contribution in [0.2, 0.25) is 0 Å². The number of amides is 1. The van der Waals surface area contributed by atoms with Crippen molar-refractivity contribution in [2.45, 2.75) is 20.4 Å². The third kappa shape index (κ3) is 4.84. The summed E-state index contributed by atoms with van der Waals surface area (Å²) in [7, 11) is 1.60. The van der Waals surface area contributed by atoms with E-state index >= 15 is 0 Å². The van der Waals surface area contributed by atoms with E-state index < -0.39 is 5.97 Å². The Morgan fingerprint density at radius 3 is 2.38 bits per heavy atom. The molecule has 0 saturated carbocycles. The largest absolute Gasteiger partial charge is 0.497 e. The number of methoxy groups -OCH3 is 1. The molecule has 5 heteroatoms. The van der Waals surface area contributed by atoms with Gasteiger partial charge in [0.2, 0.25) is 0 Å². The number of ether oxygens (including phenoxy) is 2. The highest BCUT2D eigenvalue weighted by Crippen LogP contribution is 2.12. The SMILES string of the molecule is COc1ccc(CNC(=O)COC(=O)c2ccc(C)cc2C)cc1. The van der Waals surface area contributed by atoms with E-state index in [0.717, 1.165) is 22.4 Å². The number of hydrogen-bond acceptors (Lipinski definition) is 4. The first kappa shape index (κ1) is 17.5. The second-order valence-corrected chi connectivity index (χ2v) is 5.52. The molecule has 24 heavy (non-hydrogen) atoms. The van der Waals surface area contributed by atoms with Crippen LogP contribution in [0.1, 0.15) is 27.0 Å². The molecule has 0 spiro atoms. The minimum atomic E-state index is -0.493. The van der Waals surface area contributed by atoms with E-state index in [4.69, 9.17) is 9.47 Å². The minimum absolute atomic E-state index is 0.303. The lowest BCUT2D eigenvalue weighted by molar-refractivity contribution is -0.124. The van der Waals surface area contributed by atoms with Crippen LogP contribution >= 0.6 is 0 Å². The van der Waals surface area contributed by atoms with Crippen molar-refractivity contribution < 1.29 is 19.1 Å². The molecule has 1 N–H and O–H groups in total. The second kappa shape index (κ2) is 8.15. The van der Waals surface area contributed by atoms with Gasteiger partial charge in [0.15, 0.2) is 6.61 Å². The molecule has 0 aliphatic rings. The Morgan fingerprint density at radius 1 is 1.04 bits per heavy atom. The van der Waals surface area contributed by atoms with Gasteiger partial charge < -0.3 is 14.8 Å². The Balaban J connectivity index is 1.80. The van der Waals surface area contributed by atoms with Crippen LogP contribution in [0.25, 0.3) is 0 Å². The molecule has 0 unspecified atom stereocenters. The average Bonchev–Trinajstić information content (AvgIpc) is 2.58. The van der Waals surface area contributed by atoms with Crippen LogP contribution in [0.3, 0.4) is 0 Å². The van der Waals surface area contributed by atoms with E-state index in [1.54, 1.807) is 13.2 Å². The van der Waals surface area contributed by atoms with Crippen LogP contribution in [-0.4, -0.2) is 25.6 Å². The fraction of sp³-hybridized carbons (Fsp3) is 0.263. The van der Waals surface area contributed by atoms with E-state index in [1.165, 1.54) is 0 Å². The first-order chi connectivity index (χ1) is 11.5. The zero-order chi connectivity index (χ0) is 17.5. The standard InChI is InChI=1S/C19H21NO4/c1-13-4-9-17(14(2)10-13)19(22)24-12-18(21)20-11-15-5-7-16(23-3)8-6-15/h4-10H,11-12H2,1-3H3,(H,20,21). The molecule has 0 heterocycles. The lowest BCUT2D eigenvalue weighted by Crippen LogP contribution is -2.28. The predicted molar refractivity (Wildman–Crippen MR) is 91.0 cm³/mol. The van der Waals surface area contributed by atoms with Gasteiger partial charge in [0.1, 0.15) is 5.75 Å². The monoisotopic (exact) mass is 327 g/mol. The van der Waals surface area contributed by atoms with E-state index in [0.29, 0.717) is 12.1 Å². The Bertz CT molecular complexity index is 723. The third-order valence-corrected chi connectivity index (χ3v) is 3.58. The molecule has 126 valence electrons. The van der Waals surface area contributed by atoms with Crippen LogP contribution in [0.15, 0.2) is 42.5 Å². The van der Waals surface area contributed by atoms with Crippen molar-refractivity contribution in [1.29, 1.82) is 0 Å². The van der Waals surface area contributed by atoms with E-state index in [-0.39, 0.29) is 12.5 Å². The highest BCUT2D eigenvalue weighted by Gasteiger charge is 2.12. The zero-order valence-electron chi connectivity index (χ0n) is 14.1. The summed E-state index contributed by atoms with van der Waals surface area (Å²) < 4.78 is 10.1. The zero-order valence-corrected chi connectivity index (χ0v) is 14.1. The number of carbonyl (C=O) groups is 2. The van der Waals surface area contributed by atoms with Crippen molar-refractivity contribution in [3.8, 4) is 5.75 Å². The van der Waals surface area contributed by atoms with Gasteiger partial charge in [-0.15, -0.1) is 0 Å². The molecule has 2 rings (SSSR count). The average molecular weight is 327 g/mol. The molecule has 0 bridgehead atoms. The van der Waals surface area contributed by atoms with Crippen LogP contribution in [-0.2, 0) is 16.1 Å². The molecule has 2 aromatic carbocycles. The van der Waals surface area contributed by atoms with E-state index in [9.17, 15) is 9.59 Å². The number of carbonyl (C=O) groups excluding carboxylic acids is 2. The third-order valence-electron chi connectivity index (χ3n) is 3.58. The summed E-state index contributed by atoms with van der Waals surface area (Å²) in [5.41, 5.74) is 3.31. The molecule has 0 fully saturated rings. The summed E-state index contributed by atoms with van der Waals surface area (Å²) in [5.74, 6) is -0.0801. The lowest BCUT2D eigenvalue weighted by Gasteiger charge is -2.09. The van der Waals surface area contributed by atoms with Crippen molar-refractivity contribution in [2.24, 2.45) is 0 Å². The maximum Gasteiger partial charge on any atom is 0.338 e. The fourth-order valence-corrected chi connectivity index (χ4v) is 2.25. The smallest absolute Gasteiger partial charge is 0.338 e. The summed E-state index contributed by atoms with van der Waals surface area (Å²) >= 11 is 0. The summed E-state index contributed by atoms with van der Waals surface area (Å²) in [6, 6.07) is 12.8. The number of esters is 1. The lowest BCUT2D eigenvalue weighted by atomic mass is 10.1. The Morgan fingerprint density at radius 2 is 1.75 bits per heavy atom. The molecule has 0 atom stereocenters. The number of benzene rings is 2.